The molecule has 0 aliphatic carbocycles. The van der Waals surface area contributed by atoms with Gasteiger partial charge in [-0.2, -0.15) is 5.26 Å². The molecule has 0 radical (unpaired) electrons. The first-order valence-corrected chi connectivity index (χ1v) is 5.44. The summed E-state index contributed by atoms with van der Waals surface area (Å²) < 4.78 is 6.84. The number of hydrogen-bond donors (Lipinski definition) is 1. The highest BCUT2D eigenvalue weighted by Gasteiger charge is 2.16. The van der Waals surface area contributed by atoms with Gasteiger partial charge in [0.15, 0.2) is 0 Å². The van der Waals surface area contributed by atoms with E-state index in [1.54, 1.807) is 7.11 Å². The minimum Gasteiger partial charge on any atom is -0.496 e. The first kappa shape index (κ1) is 12.1. The van der Waals surface area contributed by atoms with Crippen LogP contribution in [0.15, 0.2) is 24.3 Å². The summed E-state index contributed by atoms with van der Waals surface area (Å²) in [4.78, 5) is 0. The Morgan fingerprint density at radius 1 is 1.44 bits per heavy atom. The quantitative estimate of drug-likeness (QED) is 0.862. The molecule has 2 aromatic rings. The molecule has 6 heteroatoms. The van der Waals surface area contributed by atoms with Crippen LogP contribution in [0.4, 0.5) is 0 Å². The van der Waals surface area contributed by atoms with Gasteiger partial charge in [0.25, 0.3) is 0 Å². The maximum Gasteiger partial charge on any atom is 0.130 e. The second-order valence-corrected chi connectivity index (χ2v) is 3.60. The Bertz CT molecular complexity index is 584. The zero-order valence-corrected chi connectivity index (χ0v) is 10.00. The van der Waals surface area contributed by atoms with E-state index >= 15 is 0 Å². The molecule has 1 aromatic carbocycles. The predicted molar refractivity (Wildman–Crippen MR) is 65.5 cm³/mol. The number of aromatic nitrogens is 3. The molecular weight excluding hydrogens is 230 g/mol. The Morgan fingerprint density at radius 2 is 2.22 bits per heavy atom. The Labute approximate surface area is 105 Å². The lowest BCUT2D eigenvalue weighted by Crippen LogP contribution is -2.04. The van der Waals surface area contributed by atoms with Crippen LogP contribution in [0.3, 0.4) is 0 Å². The van der Waals surface area contributed by atoms with Crippen molar-refractivity contribution in [3.05, 3.63) is 30.0 Å². The molecule has 18 heavy (non-hydrogen) atoms. The van der Waals surface area contributed by atoms with Gasteiger partial charge in [-0.15, -0.1) is 5.10 Å². The van der Waals surface area contributed by atoms with Crippen molar-refractivity contribution in [2.75, 3.05) is 7.11 Å². The number of nitrogens with zero attached hydrogens (tertiary/aromatic N) is 4. The molecule has 1 aromatic heterocycles. The largest absolute Gasteiger partial charge is 0.496 e. The Balaban J connectivity index is 2.61. The number of nitriles is 1. The third-order valence-electron chi connectivity index (χ3n) is 2.58. The highest BCUT2D eigenvalue weighted by molar-refractivity contribution is 5.69. The summed E-state index contributed by atoms with van der Waals surface area (Å²) in [7, 11) is 1.60. The van der Waals surface area contributed by atoms with Crippen molar-refractivity contribution in [1.82, 2.24) is 15.0 Å². The maximum atomic E-state index is 8.80. The lowest BCUT2D eigenvalue weighted by Gasteiger charge is -2.09. The van der Waals surface area contributed by atoms with Crippen molar-refractivity contribution in [2.24, 2.45) is 5.73 Å². The smallest absolute Gasteiger partial charge is 0.130 e. The van der Waals surface area contributed by atoms with E-state index < -0.39 is 0 Å². The average molecular weight is 243 g/mol. The number of para-hydroxylation sites is 1. The number of hydrogen-bond acceptors (Lipinski definition) is 5. The molecule has 1 heterocycles. The molecule has 0 spiro atoms. The van der Waals surface area contributed by atoms with Crippen LogP contribution in [0, 0.1) is 11.3 Å². The number of benzene rings is 1. The summed E-state index contributed by atoms with van der Waals surface area (Å²) in [5.41, 5.74) is 7.86. The molecule has 0 saturated carbocycles. The normalized spacial score (nSPS) is 10.1. The van der Waals surface area contributed by atoms with Gasteiger partial charge in [-0.05, 0) is 12.1 Å². The van der Waals surface area contributed by atoms with Crippen LogP contribution in [-0.2, 0) is 13.1 Å². The third kappa shape index (κ3) is 2.04. The van der Waals surface area contributed by atoms with E-state index in [9.17, 15) is 0 Å². The fourth-order valence-electron chi connectivity index (χ4n) is 1.80. The van der Waals surface area contributed by atoms with Gasteiger partial charge >= 0.3 is 0 Å². The monoisotopic (exact) mass is 243 g/mol. The SMILES string of the molecule is COc1ccccc1-c1c(CN)nnn1CC#N. The first-order valence-electron chi connectivity index (χ1n) is 5.44. The topological polar surface area (TPSA) is 89.8 Å². The highest BCUT2D eigenvalue weighted by atomic mass is 16.5. The van der Waals surface area contributed by atoms with Crippen LogP contribution in [0.2, 0.25) is 0 Å². The first-order chi connectivity index (χ1) is 8.81. The van der Waals surface area contributed by atoms with Crippen molar-refractivity contribution in [1.29, 1.82) is 5.26 Å². The summed E-state index contributed by atoms with van der Waals surface area (Å²) >= 11 is 0. The third-order valence-corrected chi connectivity index (χ3v) is 2.58. The molecule has 92 valence electrons. The van der Waals surface area contributed by atoms with Crippen LogP contribution in [0.5, 0.6) is 5.75 Å². The van der Waals surface area contributed by atoms with Crippen LogP contribution in [-0.4, -0.2) is 22.1 Å². The van der Waals surface area contributed by atoms with Crippen LogP contribution < -0.4 is 10.5 Å². The number of nitrogens with two attached hydrogens (primary N) is 1. The maximum absolute atomic E-state index is 8.80. The van der Waals surface area contributed by atoms with Gasteiger partial charge in [0.1, 0.15) is 18.0 Å². The van der Waals surface area contributed by atoms with Gasteiger partial charge in [0.2, 0.25) is 0 Å². The van der Waals surface area contributed by atoms with Crippen molar-refractivity contribution in [3.63, 3.8) is 0 Å². The average Bonchev–Trinajstić information content (AvgIpc) is 2.82. The fourth-order valence-corrected chi connectivity index (χ4v) is 1.80. The molecule has 0 aliphatic heterocycles. The lowest BCUT2D eigenvalue weighted by molar-refractivity contribution is 0.416. The van der Waals surface area contributed by atoms with Crippen LogP contribution in [0.25, 0.3) is 11.3 Å². The van der Waals surface area contributed by atoms with E-state index in [4.69, 9.17) is 15.7 Å². The molecule has 0 amide bonds. The zero-order chi connectivity index (χ0) is 13.0. The van der Waals surface area contributed by atoms with Gasteiger partial charge in [-0.25, -0.2) is 4.68 Å². The van der Waals surface area contributed by atoms with Gasteiger partial charge in [0.05, 0.1) is 18.9 Å². The van der Waals surface area contributed by atoms with E-state index in [0.717, 1.165) is 11.3 Å². The summed E-state index contributed by atoms with van der Waals surface area (Å²) in [6, 6.07) is 9.56. The van der Waals surface area contributed by atoms with Gasteiger partial charge in [-0.3, -0.25) is 0 Å². The minimum absolute atomic E-state index is 0.125. The molecular formula is C12H13N5O. The lowest BCUT2D eigenvalue weighted by atomic mass is 10.1. The molecule has 0 atom stereocenters. The molecule has 6 nitrogen and oxygen atoms in total. The fraction of sp³-hybridized carbons (Fsp3) is 0.250. The van der Waals surface area contributed by atoms with E-state index in [1.165, 1.54) is 4.68 Å². The summed E-state index contributed by atoms with van der Waals surface area (Å²) in [6.07, 6.45) is 0. The molecule has 2 rings (SSSR count). The van der Waals surface area contributed by atoms with Crippen molar-refractivity contribution in [3.8, 4) is 23.1 Å². The van der Waals surface area contributed by atoms with Gasteiger partial charge in [-0.1, -0.05) is 17.3 Å². The van der Waals surface area contributed by atoms with Crippen LogP contribution >= 0.6 is 0 Å². The Morgan fingerprint density at radius 3 is 2.89 bits per heavy atom. The molecule has 2 N–H and O–H groups in total. The van der Waals surface area contributed by atoms with Crippen LogP contribution in [0.1, 0.15) is 5.69 Å². The summed E-state index contributed by atoms with van der Waals surface area (Å²) in [5.74, 6) is 0.702. The Hall–Kier alpha value is -2.39. The highest BCUT2D eigenvalue weighted by Crippen LogP contribution is 2.30. The Kier molecular flexibility index (Phi) is 3.55. The number of ether oxygens (including phenoxy) is 1. The molecule has 0 bridgehead atoms. The molecule has 0 unspecified atom stereocenters. The standard InChI is InChI=1S/C12H13N5O/c1-18-11-5-3-2-4-9(11)12-10(8-14)15-16-17(12)7-6-13/h2-5H,7-8,14H2,1H3. The minimum atomic E-state index is 0.125. The van der Waals surface area contributed by atoms with Gasteiger partial charge in [0, 0.05) is 12.1 Å². The zero-order valence-electron chi connectivity index (χ0n) is 10.00. The molecule has 0 aliphatic rings. The van der Waals surface area contributed by atoms with E-state index in [2.05, 4.69) is 10.3 Å². The number of rotatable bonds is 4. The van der Waals surface area contributed by atoms with Crippen molar-refractivity contribution < 1.29 is 4.74 Å². The molecule has 0 saturated heterocycles. The molecule has 0 fully saturated rings. The van der Waals surface area contributed by atoms with Crippen molar-refractivity contribution >= 4 is 0 Å². The van der Waals surface area contributed by atoms with E-state index in [-0.39, 0.29) is 13.1 Å². The van der Waals surface area contributed by atoms with E-state index in [0.29, 0.717) is 11.4 Å². The van der Waals surface area contributed by atoms with E-state index in [1.807, 2.05) is 30.3 Å². The second kappa shape index (κ2) is 5.29. The second-order valence-electron chi connectivity index (χ2n) is 3.60. The summed E-state index contributed by atoms with van der Waals surface area (Å²) in [5, 5.41) is 16.7. The number of methoxy groups -OCH3 is 1. The van der Waals surface area contributed by atoms with Crippen molar-refractivity contribution in [2.45, 2.75) is 13.1 Å². The van der Waals surface area contributed by atoms with Gasteiger partial charge < -0.3 is 10.5 Å². The summed E-state index contributed by atoms with van der Waals surface area (Å²) in [6.45, 7) is 0.388. The predicted octanol–water partition coefficient (Wildman–Crippen LogP) is 0.936.